The Labute approximate surface area is 145 Å². The van der Waals surface area contributed by atoms with Gasteiger partial charge in [-0.1, -0.05) is 24.3 Å². The quantitative estimate of drug-likeness (QED) is 0.681. The van der Waals surface area contributed by atoms with E-state index in [-0.39, 0.29) is 5.91 Å². The van der Waals surface area contributed by atoms with Crippen LogP contribution in [0.2, 0.25) is 0 Å². The normalized spacial score (nSPS) is 14.5. The second-order valence-corrected chi connectivity index (χ2v) is 5.91. The molecule has 0 unspecified atom stereocenters. The smallest absolute Gasteiger partial charge is 0.259 e. The highest BCUT2D eigenvalue weighted by Gasteiger charge is 2.19. The molecule has 1 N–H and O–H groups in total. The van der Waals surface area contributed by atoms with Crippen molar-refractivity contribution in [2.24, 2.45) is 0 Å². The largest absolute Gasteiger partial charge is 0.454 e. The number of hydrogen-bond acceptors (Lipinski definition) is 4. The Hall–Kier alpha value is -3.15. The number of anilines is 1. The van der Waals surface area contributed by atoms with E-state index in [1.54, 1.807) is 18.5 Å². The lowest BCUT2D eigenvalue weighted by atomic mass is 10.2. The Balaban J connectivity index is 0.000000147. The molecule has 1 amide bonds. The summed E-state index contributed by atoms with van der Waals surface area (Å²) in [6.07, 6.45) is 5.29. The zero-order valence-corrected chi connectivity index (χ0v) is 13.7. The molecule has 2 aliphatic heterocycles. The molecule has 0 fully saturated rings. The number of nitrogens with one attached hydrogen (secondary N) is 1. The monoisotopic (exact) mass is 334 g/mol. The van der Waals surface area contributed by atoms with Crippen LogP contribution in [0.3, 0.4) is 0 Å². The first-order valence-electron chi connectivity index (χ1n) is 8.35. The van der Waals surface area contributed by atoms with E-state index in [1.807, 2.05) is 41.1 Å². The van der Waals surface area contributed by atoms with E-state index in [0.717, 1.165) is 18.8 Å². The number of hydrogen-bond donors (Lipinski definition) is 1. The Morgan fingerprint density at radius 3 is 2.68 bits per heavy atom. The number of amides is 1. The molecule has 0 bridgehead atoms. The summed E-state index contributed by atoms with van der Waals surface area (Å²) in [5.74, 6) is 2.27. The molecule has 6 heteroatoms. The van der Waals surface area contributed by atoms with Crippen LogP contribution in [0.1, 0.15) is 29.0 Å². The second-order valence-electron chi connectivity index (χ2n) is 5.91. The van der Waals surface area contributed by atoms with E-state index in [0.29, 0.717) is 22.7 Å². The van der Waals surface area contributed by atoms with Crippen LogP contribution in [-0.2, 0) is 13.0 Å². The summed E-state index contributed by atoms with van der Waals surface area (Å²) in [5, 5.41) is 6.88. The van der Waals surface area contributed by atoms with Crippen molar-refractivity contribution in [2.75, 3.05) is 5.32 Å². The van der Waals surface area contributed by atoms with Crippen LogP contribution in [0, 0.1) is 0 Å². The molecule has 25 heavy (non-hydrogen) atoms. The van der Waals surface area contributed by atoms with Crippen LogP contribution >= 0.6 is 0 Å². The first kappa shape index (κ1) is 15.4. The van der Waals surface area contributed by atoms with Gasteiger partial charge >= 0.3 is 0 Å². The van der Waals surface area contributed by atoms with Gasteiger partial charge in [0.2, 0.25) is 0 Å². The Morgan fingerprint density at radius 2 is 1.80 bits per heavy atom. The minimum Gasteiger partial charge on any atom is -0.454 e. The van der Waals surface area contributed by atoms with Gasteiger partial charge in [0.1, 0.15) is 17.9 Å². The molecular formula is C19H18N4O2. The van der Waals surface area contributed by atoms with Gasteiger partial charge < -0.3 is 10.1 Å². The highest BCUT2D eigenvalue weighted by molar-refractivity contribution is 6.07. The fourth-order valence-corrected chi connectivity index (χ4v) is 2.92. The third kappa shape index (κ3) is 3.24. The van der Waals surface area contributed by atoms with E-state index in [4.69, 9.17) is 4.74 Å². The summed E-state index contributed by atoms with van der Waals surface area (Å²) in [4.78, 5) is 16.0. The van der Waals surface area contributed by atoms with Gasteiger partial charge in [0.05, 0.1) is 11.3 Å². The molecule has 0 saturated carbocycles. The van der Waals surface area contributed by atoms with E-state index < -0.39 is 0 Å². The fourth-order valence-electron chi connectivity index (χ4n) is 2.92. The van der Waals surface area contributed by atoms with E-state index in [1.165, 1.54) is 12.8 Å². The molecule has 3 aromatic rings. The van der Waals surface area contributed by atoms with E-state index >= 15 is 0 Å². The lowest BCUT2D eigenvalue weighted by Crippen LogP contribution is -2.11. The molecule has 0 saturated heterocycles. The number of aryl methyl sites for hydroxylation is 2. The molecule has 0 radical (unpaired) electrons. The molecule has 0 spiro atoms. The van der Waals surface area contributed by atoms with Crippen LogP contribution in [0.15, 0.2) is 54.9 Å². The maximum Gasteiger partial charge on any atom is 0.259 e. The SMILES string of the molecule is O=C1Nc2ccccc2Oc2ccccc21.c1nc2n(n1)CCCC2. The third-order valence-corrected chi connectivity index (χ3v) is 4.20. The predicted octanol–water partition coefficient (Wildman–Crippen LogP) is 3.66. The van der Waals surface area contributed by atoms with Crippen molar-refractivity contribution in [3.05, 3.63) is 66.2 Å². The van der Waals surface area contributed by atoms with Crippen LogP contribution in [0.4, 0.5) is 5.69 Å². The van der Waals surface area contributed by atoms with Gasteiger partial charge in [-0.25, -0.2) is 4.98 Å². The first-order chi connectivity index (χ1) is 12.3. The summed E-state index contributed by atoms with van der Waals surface area (Å²) in [7, 11) is 0. The van der Waals surface area contributed by atoms with E-state index in [2.05, 4.69) is 15.4 Å². The van der Waals surface area contributed by atoms with Crippen molar-refractivity contribution in [1.82, 2.24) is 14.8 Å². The number of nitrogens with zero attached hydrogens (tertiary/aromatic N) is 3. The standard InChI is InChI=1S/C13H9NO2.C6H9N3/c15-13-9-5-1-3-7-11(9)16-12-8-4-2-6-10(12)14-13;1-2-4-9-6(3-1)7-5-8-9/h1-8H,(H,14,15);5H,1-4H2. The minimum atomic E-state index is -0.138. The summed E-state index contributed by atoms with van der Waals surface area (Å²) < 4.78 is 7.68. The van der Waals surface area contributed by atoms with Gasteiger partial charge in [-0.2, -0.15) is 5.10 Å². The highest BCUT2D eigenvalue weighted by Crippen LogP contribution is 2.34. The van der Waals surface area contributed by atoms with Crippen LogP contribution in [0.5, 0.6) is 11.5 Å². The molecule has 0 atom stereocenters. The van der Waals surface area contributed by atoms with Gasteiger partial charge in [0.15, 0.2) is 5.75 Å². The van der Waals surface area contributed by atoms with Crippen LogP contribution in [0.25, 0.3) is 0 Å². The van der Waals surface area contributed by atoms with Crippen LogP contribution < -0.4 is 10.1 Å². The maximum atomic E-state index is 11.9. The average molecular weight is 334 g/mol. The third-order valence-electron chi connectivity index (χ3n) is 4.20. The molecule has 6 nitrogen and oxygen atoms in total. The number of rotatable bonds is 0. The Kier molecular flexibility index (Phi) is 4.16. The van der Waals surface area contributed by atoms with Gasteiger partial charge in [-0.3, -0.25) is 9.48 Å². The summed E-state index contributed by atoms with van der Waals surface area (Å²) in [6, 6.07) is 14.6. The van der Waals surface area contributed by atoms with Crippen molar-refractivity contribution >= 4 is 11.6 Å². The van der Waals surface area contributed by atoms with Crippen molar-refractivity contribution in [3.8, 4) is 11.5 Å². The zero-order chi connectivity index (χ0) is 17.1. The molecule has 1 aromatic heterocycles. The Morgan fingerprint density at radius 1 is 1.00 bits per heavy atom. The van der Waals surface area contributed by atoms with Gasteiger partial charge in [0.25, 0.3) is 5.91 Å². The summed E-state index contributed by atoms with van der Waals surface area (Å²) in [5.41, 5.74) is 1.25. The topological polar surface area (TPSA) is 69.0 Å². The minimum absolute atomic E-state index is 0.138. The summed E-state index contributed by atoms with van der Waals surface area (Å²) >= 11 is 0. The Bertz CT molecular complexity index is 883. The van der Waals surface area contributed by atoms with Crippen molar-refractivity contribution in [2.45, 2.75) is 25.8 Å². The lowest BCUT2D eigenvalue weighted by Gasteiger charge is -2.09. The molecule has 3 heterocycles. The molecule has 2 aromatic carbocycles. The highest BCUT2D eigenvalue weighted by atomic mass is 16.5. The lowest BCUT2D eigenvalue weighted by molar-refractivity contribution is 0.102. The fraction of sp³-hybridized carbons (Fsp3) is 0.211. The first-order valence-corrected chi connectivity index (χ1v) is 8.35. The number of ether oxygens (including phenoxy) is 1. The van der Waals surface area contributed by atoms with Crippen molar-refractivity contribution in [3.63, 3.8) is 0 Å². The molecule has 2 aliphatic rings. The number of fused-ring (bicyclic) bond motifs is 3. The van der Waals surface area contributed by atoms with Crippen molar-refractivity contribution in [1.29, 1.82) is 0 Å². The molecule has 0 aliphatic carbocycles. The number of benzene rings is 2. The second kappa shape index (κ2) is 6.76. The zero-order valence-electron chi connectivity index (χ0n) is 13.7. The maximum absolute atomic E-state index is 11.9. The molecule has 126 valence electrons. The number of para-hydroxylation sites is 3. The van der Waals surface area contributed by atoms with Gasteiger partial charge in [-0.05, 0) is 37.1 Å². The van der Waals surface area contributed by atoms with Gasteiger partial charge in [-0.15, -0.1) is 0 Å². The molecular weight excluding hydrogens is 316 g/mol. The average Bonchev–Trinajstić information content (AvgIpc) is 3.07. The predicted molar refractivity (Wildman–Crippen MR) is 93.9 cm³/mol. The number of carbonyl (C=O) groups is 1. The van der Waals surface area contributed by atoms with Gasteiger partial charge in [0, 0.05) is 13.0 Å². The van der Waals surface area contributed by atoms with Crippen LogP contribution in [-0.4, -0.2) is 20.7 Å². The summed E-state index contributed by atoms with van der Waals surface area (Å²) in [6.45, 7) is 1.06. The number of aromatic nitrogens is 3. The molecule has 5 rings (SSSR count). The number of carbonyl (C=O) groups excluding carboxylic acids is 1. The van der Waals surface area contributed by atoms with E-state index in [9.17, 15) is 4.79 Å². The van der Waals surface area contributed by atoms with Crippen molar-refractivity contribution < 1.29 is 9.53 Å².